The van der Waals surface area contributed by atoms with Crippen molar-refractivity contribution in [2.45, 2.75) is 38.5 Å². The summed E-state index contributed by atoms with van der Waals surface area (Å²) in [5.74, 6) is 1.72. The highest BCUT2D eigenvalue weighted by Gasteiger charge is 2.26. The average molecular weight is 374 g/mol. The van der Waals surface area contributed by atoms with Gasteiger partial charge in [-0.25, -0.2) is 4.98 Å². The molecule has 2 saturated heterocycles. The van der Waals surface area contributed by atoms with Crippen molar-refractivity contribution in [2.75, 3.05) is 36.8 Å². The lowest BCUT2D eigenvalue weighted by molar-refractivity contribution is 0.100. The lowest BCUT2D eigenvalue weighted by atomic mass is 9.89. The number of aromatic nitrogens is 1. The molecule has 0 saturated carbocycles. The molecule has 0 aromatic carbocycles. The first-order valence-corrected chi connectivity index (χ1v) is 10.3. The zero-order chi connectivity index (χ0) is 18.3. The Labute approximate surface area is 157 Å². The van der Waals surface area contributed by atoms with Gasteiger partial charge in [-0.1, -0.05) is 6.92 Å². The van der Waals surface area contributed by atoms with E-state index in [1.54, 1.807) is 0 Å². The van der Waals surface area contributed by atoms with Crippen LogP contribution in [0.3, 0.4) is 0 Å². The van der Waals surface area contributed by atoms with Crippen molar-refractivity contribution >= 4 is 39.0 Å². The van der Waals surface area contributed by atoms with Gasteiger partial charge in [0.2, 0.25) is 0 Å². The van der Waals surface area contributed by atoms with Crippen LogP contribution in [-0.2, 0) is 0 Å². The van der Waals surface area contributed by atoms with Crippen LogP contribution in [0.15, 0.2) is 6.07 Å². The van der Waals surface area contributed by atoms with Gasteiger partial charge in [0.25, 0.3) is 5.91 Å². The Balaban J connectivity index is 1.82. The van der Waals surface area contributed by atoms with Crippen LogP contribution in [0, 0.1) is 5.92 Å². The number of primary amides is 1. The van der Waals surface area contributed by atoms with E-state index in [0.29, 0.717) is 16.5 Å². The first kappa shape index (κ1) is 17.5. The largest absolute Gasteiger partial charge is 0.397 e. The summed E-state index contributed by atoms with van der Waals surface area (Å²) < 4.78 is 0. The van der Waals surface area contributed by atoms with Crippen LogP contribution in [-0.4, -0.2) is 37.1 Å². The van der Waals surface area contributed by atoms with E-state index < -0.39 is 5.91 Å². The Kier molecular flexibility index (Phi) is 4.75. The van der Waals surface area contributed by atoms with E-state index in [1.165, 1.54) is 29.7 Å². The number of nitrogens with two attached hydrogens (primary N) is 2. The smallest absolute Gasteiger partial charge is 0.260 e. The van der Waals surface area contributed by atoms with Gasteiger partial charge < -0.3 is 21.7 Å². The van der Waals surface area contributed by atoms with Crippen LogP contribution < -0.4 is 21.7 Å². The molecule has 0 radical (unpaired) electrons. The van der Waals surface area contributed by atoms with Crippen molar-refractivity contribution in [3.63, 3.8) is 0 Å². The number of carbonyl (C=O) groups is 1. The summed E-state index contributed by atoms with van der Waals surface area (Å²) in [6.07, 6.45) is 4.67. The molecule has 2 fully saturated rings. The molecule has 0 bridgehead atoms. The third-order valence-electron chi connectivity index (χ3n) is 5.78. The Morgan fingerprint density at radius 1 is 1.35 bits per heavy atom. The van der Waals surface area contributed by atoms with E-state index in [4.69, 9.17) is 16.5 Å². The average Bonchev–Trinajstić information content (AvgIpc) is 2.99. The summed E-state index contributed by atoms with van der Waals surface area (Å²) in [7, 11) is 0. The molecular formula is C19H27N5OS. The second kappa shape index (κ2) is 7.04. The third kappa shape index (κ3) is 3.14. The monoisotopic (exact) mass is 373 g/mol. The Morgan fingerprint density at radius 3 is 2.77 bits per heavy atom. The SMILES string of the molecule is CC1CCN(c2cc(C3CCCNC3)c3c(N)c(C(N)=O)sc3n2)CC1. The number of fused-ring (bicyclic) bond motifs is 1. The van der Waals surface area contributed by atoms with Crippen molar-refractivity contribution < 1.29 is 4.79 Å². The van der Waals surface area contributed by atoms with Crippen molar-refractivity contribution in [2.24, 2.45) is 11.7 Å². The molecule has 4 rings (SSSR count). The number of nitrogens with one attached hydrogen (secondary N) is 1. The molecule has 1 amide bonds. The maximum atomic E-state index is 11.8. The number of amides is 1. The summed E-state index contributed by atoms with van der Waals surface area (Å²) in [6, 6.07) is 2.21. The fraction of sp³-hybridized carbons (Fsp3) is 0.579. The Hall–Kier alpha value is -1.86. The number of hydrogen-bond acceptors (Lipinski definition) is 6. The summed E-state index contributed by atoms with van der Waals surface area (Å²) in [5.41, 5.74) is 13.6. The zero-order valence-electron chi connectivity index (χ0n) is 15.3. The van der Waals surface area contributed by atoms with E-state index in [-0.39, 0.29) is 0 Å². The van der Waals surface area contributed by atoms with E-state index in [1.807, 2.05) is 0 Å². The fourth-order valence-electron chi connectivity index (χ4n) is 4.16. The molecule has 2 aliphatic heterocycles. The van der Waals surface area contributed by atoms with E-state index >= 15 is 0 Å². The van der Waals surface area contributed by atoms with Gasteiger partial charge in [-0.2, -0.15) is 0 Å². The highest BCUT2D eigenvalue weighted by atomic mass is 32.1. The molecule has 1 unspecified atom stereocenters. The highest BCUT2D eigenvalue weighted by Crippen LogP contribution is 2.41. The quantitative estimate of drug-likeness (QED) is 0.768. The van der Waals surface area contributed by atoms with Crippen LogP contribution in [0.1, 0.15) is 53.8 Å². The Morgan fingerprint density at radius 2 is 2.12 bits per heavy atom. The number of nitrogen functional groups attached to an aromatic ring is 1. The van der Waals surface area contributed by atoms with Crippen molar-refractivity contribution in [1.29, 1.82) is 0 Å². The summed E-state index contributed by atoms with van der Waals surface area (Å²) in [5, 5.41) is 4.43. The molecule has 6 nitrogen and oxygen atoms in total. The molecule has 2 aromatic rings. The second-order valence-electron chi connectivity index (χ2n) is 7.67. The summed E-state index contributed by atoms with van der Waals surface area (Å²) >= 11 is 1.33. The minimum atomic E-state index is -0.466. The number of anilines is 2. The lowest BCUT2D eigenvalue weighted by Gasteiger charge is -2.32. The molecule has 140 valence electrons. The van der Waals surface area contributed by atoms with Crippen LogP contribution in [0.4, 0.5) is 11.5 Å². The van der Waals surface area contributed by atoms with Crippen LogP contribution in [0.5, 0.6) is 0 Å². The normalized spacial score (nSPS) is 22.0. The third-order valence-corrected chi connectivity index (χ3v) is 6.90. The van der Waals surface area contributed by atoms with Gasteiger partial charge in [0.15, 0.2) is 0 Å². The van der Waals surface area contributed by atoms with Gasteiger partial charge in [0, 0.05) is 25.0 Å². The minimum Gasteiger partial charge on any atom is -0.397 e. The van der Waals surface area contributed by atoms with Gasteiger partial charge in [0.1, 0.15) is 15.5 Å². The fourth-order valence-corrected chi connectivity index (χ4v) is 5.13. The summed E-state index contributed by atoms with van der Waals surface area (Å²) in [6.45, 7) is 6.38. The molecule has 2 aromatic heterocycles. The van der Waals surface area contributed by atoms with Crippen LogP contribution in [0.25, 0.3) is 10.2 Å². The van der Waals surface area contributed by atoms with E-state index in [9.17, 15) is 4.79 Å². The van der Waals surface area contributed by atoms with Crippen molar-refractivity contribution in [1.82, 2.24) is 10.3 Å². The number of thiophene rings is 1. The molecule has 0 spiro atoms. The highest BCUT2D eigenvalue weighted by molar-refractivity contribution is 7.21. The predicted octanol–water partition coefficient (Wildman–Crippen LogP) is 2.68. The molecular weight excluding hydrogens is 346 g/mol. The van der Waals surface area contributed by atoms with Gasteiger partial charge in [0.05, 0.1) is 5.69 Å². The van der Waals surface area contributed by atoms with Crippen molar-refractivity contribution in [3.05, 3.63) is 16.5 Å². The lowest BCUT2D eigenvalue weighted by Crippen LogP contribution is -2.33. The molecule has 1 atom stereocenters. The maximum absolute atomic E-state index is 11.8. The Bertz CT molecular complexity index is 819. The second-order valence-corrected chi connectivity index (χ2v) is 8.67. The number of nitrogens with zero attached hydrogens (tertiary/aromatic N) is 2. The number of carbonyl (C=O) groups excluding carboxylic acids is 1. The molecule has 7 heteroatoms. The maximum Gasteiger partial charge on any atom is 0.260 e. The molecule has 0 aliphatic carbocycles. The van der Waals surface area contributed by atoms with Gasteiger partial charge in [-0.3, -0.25) is 4.79 Å². The zero-order valence-corrected chi connectivity index (χ0v) is 16.1. The predicted molar refractivity (Wildman–Crippen MR) is 108 cm³/mol. The number of hydrogen-bond donors (Lipinski definition) is 3. The van der Waals surface area contributed by atoms with Gasteiger partial charge in [-0.05, 0) is 55.7 Å². The standard InChI is InChI=1S/C19H27N5OS/c1-11-4-7-24(8-5-11)14-9-13(12-3-2-6-22-10-12)15-16(20)17(18(21)25)26-19(15)23-14/h9,11-12,22H,2-8,10,20H2,1H3,(H2,21,25). The molecule has 26 heavy (non-hydrogen) atoms. The number of pyridine rings is 1. The van der Waals surface area contributed by atoms with Gasteiger partial charge in [-0.15, -0.1) is 11.3 Å². The first-order valence-electron chi connectivity index (χ1n) is 9.53. The number of piperidine rings is 2. The first-order chi connectivity index (χ1) is 12.5. The molecule has 5 N–H and O–H groups in total. The van der Waals surface area contributed by atoms with E-state index in [0.717, 1.165) is 61.0 Å². The van der Waals surface area contributed by atoms with Crippen LogP contribution >= 0.6 is 11.3 Å². The van der Waals surface area contributed by atoms with Gasteiger partial charge >= 0.3 is 0 Å². The summed E-state index contributed by atoms with van der Waals surface area (Å²) in [4.78, 5) is 20.3. The minimum absolute atomic E-state index is 0.398. The van der Waals surface area contributed by atoms with E-state index in [2.05, 4.69) is 23.2 Å². The number of rotatable bonds is 3. The molecule has 2 aliphatic rings. The topological polar surface area (TPSA) is 97.3 Å². The van der Waals surface area contributed by atoms with Crippen molar-refractivity contribution in [3.8, 4) is 0 Å². The van der Waals surface area contributed by atoms with Crippen LogP contribution in [0.2, 0.25) is 0 Å². The molecule has 4 heterocycles.